The van der Waals surface area contributed by atoms with E-state index in [1.165, 1.54) is 29.7 Å². The van der Waals surface area contributed by atoms with E-state index in [9.17, 15) is 4.79 Å². The second kappa shape index (κ2) is 4.81. The molecule has 5 heteroatoms. The van der Waals surface area contributed by atoms with Gasteiger partial charge in [0.15, 0.2) is 0 Å². The van der Waals surface area contributed by atoms with Crippen molar-refractivity contribution in [2.75, 3.05) is 0 Å². The van der Waals surface area contributed by atoms with Gasteiger partial charge in [0.1, 0.15) is 5.76 Å². The molecular weight excluding hydrogens is 260 g/mol. The molecule has 2 aromatic heterocycles. The summed E-state index contributed by atoms with van der Waals surface area (Å²) in [5.74, 6) is 1.38. The number of rotatable bonds is 4. The van der Waals surface area contributed by atoms with E-state index in [2.05, 4.69) is 16.5 Å². The van der Waals surface area contributed by atoms with Gasteiger partial charge in [-0.2, -0.15) is 0 Å². The van der Waals surface area contributed by atoms with Crippen LogP contribution in [-0.2, 0) is 6.54 Å². The lowest BCUT2D eigenvalue weighted by Gasteiger charge is -2.05. The number of nitrogens with zero attached hydrogens (tertiary/aromatic N) is 1. The molecule has 4 nitrogen and oxygen atoms in total. The van der Waals surface area contributed by atoms with Gasteiger partial charge in [0, 0.05) is 12.1 Å². The van der Waals surface area contributed by atoms with Gasteiger partial charge >= 0.3 is 0 Å². The van der Waals surface area contributed by atoms with Gasteiger partial charge in [-0.25, -0.2) is 0 Å². The summed E-state index contributed by atoms with van der Waals surface area (Å²) >= 11 is 1.52. The zero-order valence-corrected chi connectivity index (χ0v) is 11.8. The van der Waals surface area contributed by atoms with Gasteiger partial charge in [-0.3, -0.25) is 4.79 Å². The van der Waals surface area contributed by atoms with Crippen LogP contribution in [0.25, 0.3) is 0 Å². The molecule has 1 saturated carbocycles. The summed E-state index contributed by atoms with van der Waals surface area (Å²) in [5.41, 5.74) is 3.02. The van der Waals surface area contributed by atoms with Crippen molar-refractivity contribution in [3.8, 4) is 0 Å². The third-order valence-corrected chi connectivity index (χ3v) is 4.45. The predicted molar refractivity (Wildman–Crippen MR) is 73.4 cm³/mol. The normalized spacial score (nSPS) is 14.6. The molecule has 0 atom stereocenters. The third kappa shape index (κ3) is 2.42. The number of hydrogen-bond acceptors (Lipinski definition) is 4. The van der Waals surface area contributed by atoms with Crippen LogP contribution in [0.5, 0.6) is 0 Å². The fourth-order valence-corrected chi connectivity index (χ4v) is 3.12. The van der Waals surface area contributed by atoms with Crippen LogP contribution in [0.2, 0.25) is 0 Å². The van der Waals surface area contributed by atoms with Crippen LogP contribution < -0.4 is 5.32 Å². The molecular formula is C14H16N2O2S. The van der Waals surface area contributed by atoms with Gasteiger partial charge in [0.25, 0.3) is 5.91 Å². The van der Waals surface area contributed by atoms with Crippen LogP contribution in [0.1, 0.15) is 51.0 Å². The first-order chi connectivity index (χ1) is 9.16. The molecule has 19 heavy (non-hydrogen) atoms. The summed E-state index contributed by atoms with van der Waals surface area (Å²) in [6, 6.07) is 2.08. The molecule has 0 saturated heterocycles. The van der Waals surface area contributed by atoms with Crippen molar-refractivity contribution < 1.29 is 9.32 Å². The Bertz CT molecular complexity index is 591. The van der Waals surface area contributed by atoms with Crippen molar-refractivity contribution in [3.05, 3.63) is 38.9 Å². The topological polar surface area (TPSA) is 55.1 Å². The summed E-state index contributed by atoms with van der Waals surface area (Å²) in [6.07, 6.45) is 2.42. The van der Waals surface area contributed by atoms with Crippen molar-refractivity contribution >= 4 is 17.2 Å². The highest BCUT2D eigenvalue weighted by molar-refractivity contribution is 7.12. The van der Waals surface area contributed by atoms with Crippen LogP contribution in [0, 0.1) is 13.8 Å². The Kier molecular flexibility index (Phi) is 3.14. The van der Waals surface area contributed by atoms with Gasteiger partial charge in [-0.05, 0) is 49.6 Å². The maximum atomic E-state index is 12.2. The molecule has 1 amide bonds. The Morgan fingerprint density at radius 1 is 1.53 bits per heavy atom. The number of amides is 1. The Hall–Kier alpha value is -1.62. The fourth-order valence-electron chi connectivity index (χ4n) is 2.22. The number of hydrogen-bond donors (Lipinski definition) is 1. The maximum absolute atomic E-state index is 12.2. The van der Waals surface area contributed by atoms with Gasteiger partial charge in [0.05, 0.1) is 10.6 Å². The highest BCUT2D eigenvalue weighted by atomic mass is 32.1. The first kappa shape index (κ1) is 12.4. The smallest absolute Gasteiger partial charge is 0.261 e. The molecule has 1 aliphatic rings. The monoisotopic (exact) mass is 276 g/mol. The average Bonchev–Trinajstić information content (AvgIpc) is 3.04. The first-order valence-corrected chi connectivity index (χ1v) is 7.32. The van der Waals surface area contributed by atoms with Crippen LogP contribution in [0.15, 0.2) is 16.0 Å². The third-order valence-electron chi connectivity index (χ3n) is 3.53. The molecule has 2 heterocycles. The lowest BCUT2D eigenvalue weighted by atomic mass is 10.1. The minimum Gasteiger partial charge on any atom is -0.361 e. The molecule has 0 aromatic carbocycles. The standard InChI is InChI=1S/C14H16N2O2S/c1-8-12(9(2)18-16-8)7-15-14(17)13-11(5-6-19-13)10-3-4-10/h5-6,10H,3-4,7H2,1-2H3,(H,15,17). The molecule has 1 N–H and O–H groups in total. The average molecular weight is 276 g/mol. The Morgan fingerprint density at radius 3 is 2.95 bits per heavy atom. The molecule has 3 rings (SSSR count). The summed E-state index contributed by atoms with van der Waals surface area (Å²) in [6.45, 7) is 4.23. The Labute approximate surface area is 115 Å². The van der Waals surface area contributed by atoms with E-state index in [0.717, 1.165) is 21.9 Å². The minimum absolute atomic E-state index is 0.0110. The van der Waals surface area contributed by atoms with Crippen LogP contribution in [0.4, 0.5) is 0 Å². The molecule has 0 bridgehead atoms. The van der Waals surface area contributed by atoms with Crippen molar-refractivity contribution in [3.63, 3.8) is 0 Å². The second-order valence-electron chi connectivity index (χ2n) is 4.96. The largest absolute Gasteiger partial charge is 0.361 e. The molecule has 2 aromatic rings. The van der Waals surface area contributed by atoms with E-state index < -0.39 is 0 Å². The van der Waals surface area contributed by atoms with Crippen LogP contribution in [0.3, 0.4) is 0 Å². The molecule has 0 spiro atoms. The summed E-state index contributed by atoms with van der Waals surface area (Å²) < 4.78 is 5.09. The van der Waals surface area contributed by atoms with Gasteiger partial charge in [0.2, 0.25) is 0 Å². The molecule has 0 aliphatic heterocycles. The number of aromatic nitrogens is 1. The molecule has 0 radical (unpaired) electrons. The highest BCUT2D eigenvalue weighted by Crippen LogP contribution is 2.43. The van der Waals surface area contributed by atoms with E-state index >= 15 is 0 Å². The maximum Gasteiger partial charge on any atom is 0.261 e. The lowest BCUT2D eigenvalue weighted by Crippen LogP contribution is -2.23. The van der Waals surface area contributed by atoms with Crippen molar-refractivity contribution in [1.29, 1.82) is 0 Å². The van der Waals surface area contributed by atoms with Gasteiger partial charge < -0.3 is 9.84 Å². The van der Waals surface area contributed by atoms with Gasteiger partial charge in [-0.15, -0.1) is 11.3 Å². The summed E-state index contributed by atoms with van der Waals surface area (Å²) in [5, 5.41) is 8.85. The van der Waals surface area contributed by atoms with E-state index in [0.29, 0.717) is 12.5 Å². The van der Waals surface area contributed by atoms with E-state index in [-0.39, 0.29) is 5.91 Å². The predicted octanol–water partition coefficient (Wildman–Crippen LogP) is 3.16. The minimum atomic E-state index is 0.0110. The van der Waals surface area contributed by atoms with E-state index in [4.69, 9.17) is 4.52 Å². The Morgan fingerprint density at radius 2 is 2.32 bits per heavy atom. The Balaban J connectivity index is 1.70. The molecule has 0 unspecified atom stereocenters. The zero-order chi connectivity index (χ0) is 13.4. The number of carbonyl (C=O) groups excluding carboxylic acids is 1. The SMILES string of the molecule is Cc1noc(C)c1CNC(=O)c1sccc1C1CC1. The number of aryl methyl sites for hydroxylation is 2. The highest BCUT2D eigenvalue weighted by Gasteiger charge is 2.28. The van der Waals surface area contributed by atoms with Crippen molar-refractivity contribution in [2.45, 2.75) is 39.2 Å². The second-order valence-corrected chi connectivity index (χ2v) is 5.88. The first-order valence-electron chi connectivity index (χ1n) is 6.44. The summed E-state index contributed by atoms with van der Waals surface area (Å²) in [7, 11) is 0. The molecule has 1 fully saturated rings. The number of nitrogens with one attached hydrogen (secondary N) is 1. The number of carbonyl (C=O) groups is 1. The van der Waals surface area contributed by atoms with Gasteiger partial charge in [-0.1, -0.05) is 5.16 Å². The molecule has 1 aliphatic carbocycles. The quantitative estimate of drug-likeness (QED) is 0.933. The van der Waals surface area contributed by atoms with E-state index in [1.807, 2.05) is 19.2 Å². The lowest BCUT2D eigenvalue weighted by molar-refractivity contribution is 0.0954. The van der Waals surface area contributed by atoms with Crippen LogP contribution >= 0.6 is 11.3 Å². The van der Waals surface area contributed by atoms with Crippen LogP contribution in [-0.4, -0.2) is 11.1 Å². The fraction of sp³-hybridized carbons (Fsp3) is 0.429. The van der Waals surface area contributed by atoms with Crippen molar-refractivity contribution in [2.24, 2.45) is 0 Å². The molecule has 100 valence electrons. The summed E-state index contributed by atoms with van der Waals surface area (Å²) in [4.78, 5) is 13.1. The van der Waals surface area contributed by atoms with Crippen molar-refractivity contribution in [1.82, 2.24) is 10.5 Å². The zero-order valence-electron chi connectivity index (χ0n) is 11.0. The van der Waals surface area contributed by atoms with E-state index in [1.54, 1.807) is 0 Å². The number of thiophene rings is 1.